The molecular weight excluding hydrogens is 406 g/mol. The molecule has 0 atom stereocenters. The van der Waals surface area contributed by atoms with Crippen LogP contribution in [0.2, 0.25) is 0 Å². The van der Waals surface area contributed by atoms with Crippen LogP contribution in [0.5, 0.6) is 0 Å². The van der Waals surface area contributed by atoms with Gasteiger partial charge in [-0.3, -0.25) is 14.9 Å². The number of aryl methyl sites for hydroxylation is 2. The average molecular weight is 432 g/mol. The number of amides is 2. The van der Waals surface area contributed by atoms with Crippen molar-refractivity contribution in [3.05, 3.63) is 27.8 Å². The first kappa shape index (κ1) is 20.6. The van der Waals surface area contributed by atoms with E-state index >= 15 is 0 Å². The predicted molar refractivity (Wildman–Crippen MR) is 112 cm³/mol. The Morgan fingerprint density at radius 3 is 2.70 bits per heavy atom. The Morgan fingerprint density at radius 2 is 1.97 bits per heavy atom. The number of anilines is 2. The predicted octanol–water partition coefficient (Wildman–Crippen LogP) is 3.85. The number of carbonyl (C=O) groups excluding carboxylic acids is 3. The van der Waals surface area contributed by atoms with Crippen molar-refractivity contribution >= 4 is 40.0 Å². The number of ether oxygens (including phenoxy) is 1. The smallest absolute Gasteiger partial charge is 0.341 e. The standard InChI is InChI=1S/C21H25N3O5S/c1-12-10-17(29-24-12)22-16(25)11-28-21(27)18-14-8-5-9-15(14)30-20(18)23-19(26)13-6-3-2-4-7-13/h10,13H,2-9,11H2,1H3,(H,22,25)(H,23,26). The maximum Gasteiger partial charge on any atom is 0.341 e. The van der Waals surface area contributed by atoms with Crippen LogP contribution in [-0.2, 0) is 27.2 Å². The van der Waals surface area contributed by atoms with Crippen LogP contribution in [0, 0.1) is 12.8 Å². The van der Waals surface area contributed by atoms with Crippen molar-refractivity contribution in [2.75, 3.05) is 17.2 Å². The van der Waals surface area contributed by atoms with E-state index in [2.05, 4.69) is 15.8 Å². The van der Waals surface area contributed by atoms with Crippen molar-refractivity contribution in [1.82, 2.24) is 5.16 Å². The molecule has 0 radical (unpaired) electrons. The number of nitrogens with zero attached hydrogens (tertiary/aromatic N) is 1. The van der Waals surface area contributed by atoms with Gasteiger partial charge in [0, 0.05) is 16.9 Å². The molecule has 2 aliphatic carbocycles. The lowest BCUT2D eigenvalue weighted by atomic mass is 9.89. The van der Waals surface area contributed by atoms with E-state index in [0.29, 0.717) is 16.3 Å². The summed E-state index contributed by atoms with van der Waals surface area (Å²) in [7, 11) is 0. The minimum Gasteiger partial charge on any atom is -0.452 e. The largest absolute Gasteiger partial charge is 0.452 e. The molecule has 0 bridgehead atoms. The minimum atomic E-state index is -0.586. The van der Waals surface area contributed by atoms with Crippen molar-refractivity contribution in [1.29, 1.82) is 0 Å². The molecule has 2 amide bonds. The number of fused-ring (bicyclic) bond motifs is 1. The van der Waals surface area contributed by atoms with Crippen LogP contribution >= 0.6 is 11.3 Å². The average Bonchev–Trinajstić information content (AvgIpc) is 3.43. The van der Waals surface area contributed by atoms with Crippen molar-refractivity contribution in [2.45, 2.75) is 58.3 Å². The number of hydrogen-bond donors (Lipinski definition) is 2. The van der Waals surface area contributed by atoms with Gasteiger partial charge in [-0.15, -0.1) is 11.3 Å². The lowest BCUT2D eigenvalue weighted by Gasteiger charge is -2.20. The van der Waals surface area contributed by atoms with E-state index in [4.69, 9.17) is 9.26 Å². The van der Waals surface area contributed by atoms with E-state index in [9.17, 15) is 14.4 Å². The Kier molecular flexibility index (Phi) is 6.17. The normalized spacial score (nSPS) is 16.2. The van der Waals surface area contributed by atoms with Crippen LogP contribution in [0.1, 0.15) is 65.0 Å². The van der Waals surface area contributed by atoms with Crippen LogP contribution < -0.4 is 10.6 Å². The Hall–Kier alpha value is -2.68. The third-order valence-corrected chi connectivity index (χ3v) is 6.77. The molecule has 2 aromatic heterocycles. The summed E-state index contributed by atoms with van der Waals surface area (Å²) in [5, 5.41) is 9.70. The Morgan fingerprint density at radius 1 is 1.17 bits per heavy atom. The van der Waals surface area contributed by atoms with Crippen LogP contribution in [0.15, 0.2) is 10.6 Å². The fourth-order valence-corrected chi connectivity index (χ4v) is 5.37. The van der Waals surface area contributed by atoms with Crippen molar-refractivity contribution in [2.24, 2.45) is 5.92 Å². The summed E-state index contributed by atoms with van der Waals surface area (Å²) in [5.74, 6) is -0.931. The molecule has 1 fully saturated rings. The molecule has 2 aromatic rings. The first-order chi connectivity index (χ1) is 14.5. The van der Waals surface area contributed by atoms with Crippen molar-refractivity contribution in [3.8, 4) is 0 Å². The number of carbonyl (C=O) groups is 3. The number of nitrogens with one attached hydrogen (secondary N) is 2. The number of thiophene rings is 1. The van der Waals surface area contributed by atoms with Gasteiger partial charge in [0.25, 0.3) is 5.91 Å². The van der Waals surface area contributed by atoms with Gasteiger partial charge in [-0.1, -0.05) is 24.4 Å². The molecule has 160 valence electrons. The van der Waals surface area contributed by atoms with E-state index in [1.807, 2.05) is 0 Å². The van der Waals surface area contributed by atoms with Gasteiger partial charge in [0.15, 0.2) is 6.61 Å². The van der Waals surface area contributed by atoms with Gasteiger partial charge in [0.05, 0.1) is 11.3 Å². The molecule has 30 heavy (non-hydrogen) atoms. The van der Waals surface area contributed by atoms with Gasteiger partial charge in [0.1, 0.15) is 5.00 Å². The second kappa shape index (κ2) is 8.99. The summed E-state index contributed by atoms with van der Waals surface area (Å²) in [5.41, 5.74) is 1.98. The quantitative estimate of drug-likeness (QED) is 0.672. The van der Waals surface area contributed by atoms with Gasteiger partial charge in [0.2, 0.25) is 11.8 Å². The first-order valence-corrected chi connectivity index (χ1v) is 11.2. The highest BCUT2D eigenvalue weighted by molar-refractivity contribution is 7.17. The fraction of sp³-hybridized carbons (Fsp3) is 0.524. The van der Waals surface area contributed by atoms with Gasteiger partial charge in [-0.05, 0) is 44.6 Å². The second-order valence-electron chi connectivity index (χ2n) is 7.84. The minimum absolute atomic E-state index is 0.00398. The molecule has 2 heterocycles. The molecule has 0 saturated heterocycles. The Balaban J connectivity index is 1.42. The van der Waals surface area contributed by atoms with Gasteiger partial charge in [-0.2, -0.15) is 0 Å². The van der Waals surface area contributed by atoms with Gasteiger partial charge < -0.3 is 14.6 Å². The van der Waals surface area contributed by atoms with Crippen LogP contribution in [0.4, 0.5) is 10.9 Å². The Bertz CT molecular complexity index is 958. The third kappa shape index (κ3) is 4.56. The third-order valence-electron chi connectivity index (χ3n) is 5.56. The topological polar surface area (TPSA) is 111 Å². The maximum absolute atomic E-state index is 12.8. The lowest BCUT2D eigenvalue weighted by Crippen LogP contribution is -2.26. The fourth-order valence-electron chi connectivity index (χ4n) is 4.09. The van der Waals surface area contributed by atoms with Gasteiger partial charge >= 0.3 is 5.97 Å². The summed E-state index contributed by atoms with van der Waals surface area (Å²) < 4.78 is 10.2. The highest BCUT2D eigenvalue weighted by Crippen LogP contribution is 2.40. The molecular formula is C21H25N3O5S. The van der Waals surface area contributed by atoms with E-state index < -0.39 is 18.5 Å². The number of aromatic nitrogens is 1. The number of esters is 1. The SMILES string of the molecule is Cc1cc(NC(=O)COC(=O)c2c(NC(=O)C3CCCCC3)sc3c2CCC3)on1. The molecule has 8 nitrogen and oxygen atoms in total. The summed E-state index contributed by atoms with van der Waals surface area (Å²) >= 11 is 1.45. The molecule has 1 saturated carbocycles. The van der Waals surface area contributed by atoms with Crippen molar-refractivity contribution < 1.29 is 23.6 Å². The molecule has 4 rings (SSSR count). The molecule has 2 N–H and O–H groups in total. The lowest BCUT2D eigenvalue weighted by molar-refractivity contribution is -0.121. The summed E-state index contributed by atoms with van der Waals surface area (Å²) in [4.78, 5) is 38.7. The molecule has 0 spiro atoms. The van der Waals surface area contributed by atoms with Crippen molar-refractivity contribution in [3.63, 3.8) is 0 Å². The monoisotopic (exact) mass is 431 g/mol. The van der Waals surface area contributed by atoms with E-state index in [1.54, 1.807) is 13.0 Å². The summed E-state index contributed by atoms with van der Waals surface area (Å²) in [6, 6.07) is 1.57. The molecule has 0 aromatic carbocycles. The Labute approximate surface area is 178 Å². The van der Waals surface area contributed by atoms with E-state index in [1.165, 1.54) is 17.8 Å². The first-order valence-electron chi connectivity index (χ1n) is 10.4. The zero-order valence-electron chi connectivity index (χ0n) is 16.9. The van der Waals surface area contributed by atoms with E-state index in [0.717, 1.165) is 55.4 Å². The highest BCUT2D eigenvalue weighted by atomic mass is 32.1. The molecule has 0 aliphatic heterocycles. The van der Waals surface area contributed by atoms with Gasteiger partial charge in [-0.25, -0.2) is 4.79 Å². The molecule has 9 heteroatoms. The highest BCUT2D eigenvalue weighted by Gasteiger charge is 2.30. The molecule has 0 unspecified atom stereocenters. The zero-order valence-corrected chi connectivity index (χ0v) is 17.7. The van der Waals surface area contributed by atoms with Crippen LogP contribution in [0.25, 0.3) is 0 Å². The molecule has 2 aliphatic rings. The van der Waals surface area contributed by atoms with Crippen LogP contribution in [0.3, 0.4) is 0 Å². The maximum atomic E-state index is 12.8. The van der Waals surface area contributed by atoms with E-state index in [-0.39, 0.29) is 17.7 Å². The number of rotatable bonds is 6. The summed E-state index contributed by atoms with van der Waals surface area (Å²) in [6.07, 6.45) is 7.72. The summed E-state index contributed by atoms with van der Waals surface area (Å²) in [6.45, 7) is 1.29. The van der Waals surface area contributed by atoms with Crippen LogP contribution in [-0.4, -0.2) is 29.5 Å². The second-order valence-corrected chi connectivity index (χ2v) is 8.95. The zero-order chi connectivity index (χ0) is 21.1. The number of hydrogen-bond acceptors (Lipinski definition) is 7.